The molecular weight excluding hydrogens is 396 g/mol. The predicted molar refractivity (Wildman–Crippen MR) is 105 cm³/mol. The van der Waals surface area contributed by atoms with E-state index in [1.54, 1.807) is 10.7 Å². The van der Waals surface area contributed by atoms with Crippen LogP contribution in [-0.4, -0.2) is 47.0 Å². The van der Waals surface area contributed by atoms with E-state index in [-0.39, 0.29) is 11.1 Å². The van der Waals surface area contributed by atoms with Gasteiger partial charge in [0.05, 0.1) is 34.3 Å². The van der Waals surface area contributed by atoms with Gasteiger partial charge in [-0.1, -0.05) is 0 Å². The molecule has 1 aliphatic heterocycles. The number of ether oxygens (including phenoxy) is 1. The Labute approximate surface area is 165 Å². The maximum Gasteiger partial charge on any atom is 0.337 e. The molecule has 0 aromatic carbocycles. The SMILES string of the molecule is O=C(O)c1cnc2c(c1)[nH]c(=O)c1c2nn2cc(-c3cnn4c3OCCC4)sc12. The summed E-state index contributed by atoms with van der Waals surface area (Å²) in [5.41, 5.74) is 1.76. The van der Waals surface area contributed by atoms with Crippen LogP contribution in [-0.2, 0) is 6.54 Å². The number of rotatable bonds is 2. The highest BCUT2D eigenvalue weighted by Gasteiger charge is 2.22. The van der Waals surface area contributed by atoms with Crippen molar-refractivity contribution in [1.29, 1.82) is 0 Å². The van der Waals surface area contributed by atoms with Crippen molar-refractivity contribution in [3.63, 3.8) is 0 Å². The summed E-state index contributed by atoms with van der Waals surface area (Å²) in [6.45, 7) is 1.47. The number of nitrogens with zero attached hydrogens (tertiary/aromatic N) is 5. The minimum Gasteiger partial charge on any atom is -0.478 e. The number of aromatic nitrogens is 6. The number of aromatic carboxylic acids is 1. The summed E-state index contributed by atoms with van der Waals surface area (Å²) >= 11 is 1.42. The Hall–Kier alpha value is -3.73. The van der Waals surface area contributed by atoms with E-state index in [4.69, 9.17) is 9.84 Å². The highest BCUT2D eigenvalue weighted by molar-refractivity contribution is 7.21. The predicted octanol–water partition coefficient (Wildman–Crippen LogP) is 2.13. The lowest BCUT2D eigenvalue weighted by atomic mass is 10.2. The maximum atomic E-state index is 12.8. The van der Waals surface area contributed by atoms with Gasteiger partial charge >= 0.3 is 5.97 Å². The molecule has 0 bridgehead atoms. The van der Waals surface area contributed by atoms with Gasteiger partial charge in [0.1, 0.15) is 21.3 Å². The summed E-state index contributed by atoms with van der Waals surface area (Å²) in [4.78, 5) is 32.5. The number of pyridine rings is 2. The fourth-order valence-corrected chi connectivity index (χ4v) is 4.72. The van der Waals surface area contributed by atoms with Crippen molar-refractivity contribution in [2.24, 2.45) is 0 Å². The van der Waals surface area contributed by atoms with Crippen LogP contribution in [0.2, 0.25) is 0 Å². The molecule has 5 aromatic heterocycles. The minimum absolute atomic E-state index is 0.00166. The monoisotopic (exact) mass is 408 g/mol. The average Bonchev–Trinajstić information content (AvgIpc) is 3.39. The molecule has 0 saturated heterocycles. The summed E-state index contributed by atoms with van der Waals surface area (Å²) in [6, 6.07) is 1.39. The number of thiazole rings is 1. The standard InChI is InChI=1S/C18H12N6O4S/c25-15-12-14(13-10(21-15)4-8(5-19-13)18(26)27)22-24-7-11(29-17(12)24)9-6-20-23-2-1-3-28-16(9)23/h4-7H,1-3H2,(H,21,25)(H,26,27). The van der Waals surface area contributed by atoms with Gasteiger partial charge in [-0.05, 0) is 6.07 Å². The van der Waals surface area contributed by atoms with Crippen LogP contribution in [0.1, 0.15) is 16.8 Å². The van der Waals surface area contributed by atoms with E-state index in [1.807, 2.05) is 10.9 Å². The van der Waals surface area contributed by atoms with E-state index in [1.165, 1.54) is 23.6 Å². The third-order valence-electron chi connectivity index (χ3n) is 4.96. The molecule has 6 rings (SSSR count). The van der Waals surface area contributed by atoms with Crippen LogP contribution < -0.4 is 10.3 Å². The van der Waals surface area contributed by atoms with E-state index in [9.17, 15) is 9.59 Å². The van der Waals surface area contributed by atoms with Gasteiger partial charge in [0.25, 0.3) is 5.56 Å². The normalized spacial score (nSPS) is 13.8. The molecule has 1 aliphatic rings. The average molecular weight is 408 g/mol. The van der Waals surface area contributed by atoms with Crippen LogP contribution in [0.25, 0.3) is 37.2 Å². The van der Waals surface area contributed by atoms with Crippen molar-refractivity contribution in [2.45, 2.75) is 13.0 Å². The summed E-state index contributed by atoms with van der Waals surface area (Å²) in [6.07, 6.45) is 5.79. The number of nitrogens with one attached hydrogen (secondary N) is 1. The number of fused-ring (bicyclic) bond motifs is 6. The molecule has 0 radical (unpaired) electrons. The smallest absolute Gasteiger partial charge is 0.337 e. The highest BCUT2D eigenvalue weighted by Crippen LogP contribution is 2.38. The van der Waals surface area contributed by atoms with E-state index in [0.29, 0.717) is 33.4 Å². The van der Waals surface area contributed by atoms with Gasteiger partial charge in [-0.15, -0.1) is 11.3 Å². The molecule has 0 fully saturated rings. The topological polar surface area (TPSA) is 127 Å². The molecule has 2 N–H and O–H groups in total. The van der Waals surface area contributed by atoms with Gasteiger partial charge in [-0.25, -0.2) is 14.0 Å². The van der Waals surface area contributed by atoms with Crippen molar-refractivity contribution in [3.05, 3.63) is 40.6 Å². The van der Waals surface area contributed by atoms with Crippen LogP contribution in [0.5, 0.6) is 5.88 Å². The summed E-state index contributed by atoms with van der Waals surface area (Å²) in [5.74, 6) is -0.380. The van der Waals surface area contributed by atoms with Crippen LogP contribution in [0.4, 0.5) is 0 Å². The van der Waals surface area contributed by atoms with Crippen LogP contribution in [0.15, 0.2) is 29.5 Å². The first-order valence-electron chi connectivity index (χ1n) is 8.86. The largest absolute Gasteiger partial charge is 0.478 e. The van der Waals surface area contributed by atoms with E-state index in [0.717, 1.165) is 29.3 Å². The summed E-state index contributed by atoms with van der Waals surface area (Å²) in [5, 5.41) is 18.5. The van der Waals surface area contributed by atoms with Crippen molar-refractivity contribution in [2.75, 3.05) is 6.61 Å². The lowest BCUT2D eigenvalue weighted by Crippen LogP contribution is -2.14. The van der Waals surface area contributed by atoms with Gasteiger partial charge in [-0.2, -0.15) is 10.2 Å². The quantitative estimate of drug-likeness (QED) is 0.458. The second kappa shape index (κ2) is 5.64. The van der Waals surface area contributed by atoms with E-state index in [2.05, 4.69) is 20.2 Å². The van der Waals surface area contributed by atoms with Gasteiger partial charge < -0.3 is 14.8 Å². The zero-order chi connectivity index (χ0) is 19.7. The molecule has 5 aromatic rings. The fourth-order valence-electron chi connectivity index (χ4n) is 3.63. The Morgan fingerprint density at radius 1 is 1.31 bits per heavy atom. The highest BCUT2D eigenvalue weighted by atomic mass is 32.1. The Bertz CT molecular complexity index is 1520. The van der Waals surface area contributed by atoms with Crippen molar-refractivity contribution >= 4 is 44.1 Å². The van der Waals surface area contributed by atoms with Crippen LogP contribution >= 0.6 is 11.3 Å². The first-order valence-corrected chi connectivity index (χ1v) is 9.68. The number of aryl methyl sites for hydroxylation is 1. The number of hydrogen-bond acceptors (Lipinski definition) is 7. The minimum atomic E-state index is -1.11. The van der Waals surface area contributed by atoms with Crippen molar-refractivity contribution in [3.8, 4) is 16.3 Å². The lowest BCUT2D eigenvalue weighted by molar-refractivity contribution is 0.0696. The number of carbonyl (C=O) groups is 1. The summed E-state index contributed by atoms with van der Waals surface area (Å²) < 4.78 is 9.26. The molecule has 6 heterocycles. The molecule has 144 valence electrons. The van der Waals surface area contributed by atoms with Gasteiger partial charge in [0.15, 0.2) is 0 Å². The third-order valence-corrected chi connectivity index (χ3v) is 6.09. The number of H-pyrrole nitrogens is 1. The molecule has 11 heteroatoms. The molecule has 0 amide bonds. The summed E-state index contributed by atoms with van der Waals surface area (Å²) in [7, 11) is 0. The molecule has 0 saturated carbocycles. The molecule has 0 aliphatic carbocycles. The third kappa shape index (κ3) is 2.24. The van der Waals surface area contributed by atoms with Crippen LogP contribution in [0.3, 0.4) is 0 Å². The fraction of sp³-hybridized carbons (Fsp3) is 0.167. The molecule has 0 atom stereocenters. The second-order valence-electron chi connectivity index (χ2n) is 6.74. The van der Waals surface area contributed by atoms with Crippen LogP contribution in [0, 0.1) is 0 Å². The lowest BCUT2D eigenvalue weighted by Gasteiger charge is -2.15. The Morgan fingerprint density at radius 3 is 3.07 bits per heavy atom. The van der Waals surface area contributed by atoms with Crippen molar-refractivity contribution < 1.29 is 14.6 Å². The Kier molecular flexibility index (Phi) is 3.16. The Balaban J connectivity index is 1.59. The van der Waals surface area contributed by atoms with Crippen molar-refractivity contribution in [1.82, 2.24) is 29.4 Å². The molecule has 10 nitrogen and oxygen atoms in total. The zero-order valence-corrected chi connectivity index (χ0v) is 15.6. The second-order valence-corrected chi connectivity index (χ2v) is 7.77. The zero-order valence-electron chi connectivity index (χ0n) is 14.7. The van der Waals surface area contributed by atoms with Gasteiger partial charge in [0, 0.05) is 25.4 Å². The molecule has 0 unspecified atom stereocenters. The van der Waals surface area contributed by atoms with E-state index < -0.39 is 5.97 Å². The maximum absolute atomic E-state index is 12.8. The van der Waals surface area contributed by atoms with Gasteiger partial charge in [-0.3, -0.25) is 9.78 Å². The number of carboxylic acid groups (broad SMARTS) is 1. The number of carboxylic acids is 1. The van der Waals surface area contributed by atoms with Gasteiger partial charge in [0.2, 0.25) is 5.88 Å². The Morgan fingerprint density at radius 2 is 2.21 bits per heavy atom. The molecular formula is C18H12N6O4S. The first kappa shape index (κ1) is 16.2. The molecule has 29 heavy (non-hydrogen) atoms. The first-order chi connectivity index (χ1) is 14.1. The molecule has 0 spiro atoms. The number of hydrogen-bond donors (Lipinski definition) is 2. The van der Waals surface area contributed by atoms with E-state index >= 15 is 0 Å². The number of aromatic amines is 1.